The predicted molar refractivity (Wildman–Crippen MR) is 111 cm³/mol. The maximum Gasteiger partial charge on any atom is 0.253 e. The van der Waals surface area contributed by atoms with Crippen molar-refractivity contribution in [1.82, 2.24) is 4.31 Å². The van der Waals surface area contributed by atoms with E-state index < -0.39 is 34.2 Å². The van der Waals surface area contributed by atoms with Crippen LogP contribution in [0.4, 0.5) is 5.69 Å². The van der Waals surface area contributed by atoms with Crippen LogP contribution in [0, 0.1) is 0 Å². The predicted octanol–water partition coefficient (Wildman–Crippen LogP) is 2.45. The van der Waals surface area contributed by atoms with Crippen molar-refractivity contribution < 1.29 is 27.5 Å². The number of benzene rings is 1. The minimum Gasteiger partial charge on any atom is -0.354 e. The largest absolute Gasteiger partial charge is 0.354 e. The lowest BCUT2D eigenvalue weighted by Crippen LogP contribution is -2.48. The summed E-state index contributed by atoms with van der Waals surface area (Å²) in [7, 11) is -1.29. The number of halogens is 1. The van der Waals surface area contributed by atoms with Crippen molar-refractivity contribution in [3.63, 3.8) is 0 Å². The highest BCUT2D eigenvalue weighted by atomic mass is 79.9. The number of sulfonamides is 1. The summed E-state index contributed by atoms with van der Waals surface area (Å²) in [5.74, 6) is -1.08. The van der Waals surface area contributed by atoms with Crippen molar-refractivity contribution in [1.29, 1.82) is 0 Å². The summed E-state index contributed by atoms with van der Waals surface area (Å²) in [6.07, 6.45) is -1.16. The number of hydrogen-bond donors (Lipinski definition) is 0. The second kappa shape index (κ2) is 9.02. The zero-order valence-electron chi connectivity index (χ0n) is 15.6. The maximum atomic E-state index is 13.2. The van der Waals surface area contributed by atoms with E-state index in [1.165, 1.54) is 20.3 Å². The molecule has 1 aromatic heterocycles. The third-order valence-electron chi connectivity index (χ3n) is 4.47. The molecule has 0 N–H and O–H groups in total. The Morgan fingerprint density at radius 1 is 1.21 bits per heavy atom. The van der Waals surface area contributed by atoms with Gasteiger partial charge in [0.2, 0.25) is 5.91 Å². The van der Waals surface area contributed by atoms with E-state index in [0.717, 1.165) is 25.0 Å². The first-order chi connectivity index (χ1) is 13.8. The van der Waals surface area contributed by atoms with Crippen LogP contribution in [0.1, 0.15) is 6.42 Å². The summed E-state index contributed by atoms with van der Waals surface area (Å²) in [5.41, 5.74) is 0.384. The number of amides is 2. The molecule has 0 bridgehead atoms. The van der Waals surface area contributed by atoms with Gasteiger partial charge in [-0.15, -0.1) is 11.3 Å². The zero-order chi connectivity index (χ0) is 21.2. The first-order valence-corrected chi connectivity index (χ1v) is 11.6. The molecule has 0 radical (unpaired) electrons. The van der Waals surface area contributed by atoms with Crippen LogP contribution in [0.2, 0.25) is 0 Å². The van der Waals surface area contributed by atoms with Gasteiger partial charge in [-0.1, -0.05) is 22.0 Å². The second-order valence-corrected chi connectivity index (χ2v) is 10.2. The molecule has 1 aliphatic rings. The fraction of sp³-hybridized carbons (Fsp3) is 0.333. The Balaban J connectivity index is 1.98. The first kappa shape index (κ1) is 22.1. The van der Waals surface area contributed by atoms with Crippen LogP contribution in [0.5, 0.6) is 0 Å². The quantitative estimate of drug-likeness (QED) is 0.406. The van der Waals surface area contributed by atoms with Gasteiger partial charge in [-0.05, 0) is 35.7 Å². The topological polar surface area (TPSA) is 93.2 Å². The van der Waals surface area contributed by atoms with Gasteiger partial charge in [0.1, 0.15) is 10.3 Å². The normalized spacial score (nSPS) is 17.7. The van der Waals surface area contributed by atoms with Gasteiger partial charge < -0.3 is 9.47 Å². The highest BCUT2D eigenvalue weighted by Gasteiger charge is 2.47. The number of rotatable bonds is 8. The van der Waals surface area contributed by atoms with E-state index in [1.807, 2.05) is 0 Å². The number of hydrogen-bond acceptors (Lipinski definition) is 7. The second-order valence-electron chi connectivity index (χ2n) is 6.17. The average Bonchev–Trinajstić information content (AvgIpc) is 3.33. The van der Waals surface area contributed by atoms with Crippen LogP contribution in [0.3, 0.4) is 0 Å². The summed E-state index contributed by atoms with van der Waals surface area (Å²) in [6.45, 7) is -0.231. The van der Waals surface area contributed by atoms with E-state index in [9.17, 15) is 18.0 Å². The molecule has 2 amide bonds. The Labute approximate surface area is 181 Å². The van der Waals surface area contributed by atoms with Gasteiger partial charge in [0.05, 0.1) is 18.7 Å². The molecule has 1 atom stereocenters. The molecule has 0 saturated carbocycles. The third-order valence-corrected chi connectivity index (χ3v) is 8.24. The van der Waals surface area contributed by atoms with Gasteiger partial charge in [0, 0.05) is 18.7 Å². The summed E-state index contributed by atoms with van der Waals surface area (Å²) in [4.78, 5) is 26.8. The molecule has 0 aliphatic carbocycles. The average molecular weight is 503 g/mol. The van der Waals surface area contributed by atoms with E-state index in [4.69, 9.17) is 9.47 Å². The van der Waals surface area contributed by atoms with Crippen molar-refractivity contribution in [2.75, 3.05) is 25.7 Å². The van der Waals surface area contributed by atoms with Crippen LogP contribution >= 0.6 is 27.3 Å². The lowest BCUT2D eigenvalue weighted by Gasteiger charge is -2.28. The van der Waals surface area contributed by atoms with E-state index in [1.54, 1.807) is 35.7 Å². The molecule has 3 rings (SSSR count). The lowest BCUT2D eigenvalue weighted by atomic mass is 10.2. The van der Waals surface area contributed by atoms with Gasteiger partial charge in [0.15, 0.2) is 6.29 Å². The van der Waals surface area contributed by atoms with Gasteiger partial charge >= 0.3 is 0 Å². The van der Waals surface area contributed by atoms with Gasteiger partial charge in [0.25, 0.3) is 15.9 Å². The SMILES string of the molecule is COC(CN(C1CC(=O)N(c2ccc(Br)cc2)C1=O)S(=O)(=O)c1cccs1)OC. The molecule has 1 fully saturated rings. The Morgan fingerprint density at radius 3 is 2.41 bits per heavy atom. The molecule has 0 spiro atoms. The number of anilines is 1. The molecular weight excluding hydrogens is 484 g/mol. The van der Waals surface area contributed by atoms with Crippen molar-refractivity contribution in [2.45, 2.75) is 23.0 Å². The molecule has 2 heterocycles. The molecule has 2 aromatic rings. The summed E-state index contributed by atoms with van der Waals surface area (Å²) in [5, 5.41) is 1.63. The van der Waals surface area contributed by atoms with Crippen LogP contribution in [0.15, 0.2) is 50.5 Å². The Morgan fingerprint density at radius 2 is 1.86 bits per heavy atom. The molecule has 156 valence electrons. The lowest BCUT2D eigenvalue weighted by molar-refractivity contribution is -0.125. The van der Waals surface area contributed by atoms with E-state index in [0.29, 0.717) is 5.69 Å². The number of carbonyl (C=O) groups is 2. The number of methoxy groups -OCH3 is 2. The molecule has 1 saturated heterocycles. The third kappa shape index (κ3) is 4.44. The fourth-order valence-electron chi connectivity index (χ4n) is 3.01. The zero-order valence-corrected chi connectivity index (χ0v) is 18.9. The Hall–Kier alpha value is -1.63. The van der Waals surface area contributed by atoms with Crippen LogP contribution < -0.4 is 4.90 Å². The minimum absolute atomic E-state index is 0.0748. The molecule has 1 unspecified atom stereocenters. The smallest absolute Gasteiger partial charge is 0.253 e. The van der Waals surface area contributed by atoms with E-state index in [-0.39, 0.29) is 17.2 Å². The molecule has 29 heavy (non-hydrogen) atoms. The number of thiophene rings is 1. The summed E-state index contributed by atoms with van der Waals surface area (Å²) in [6, 6.07) is 8.52. The van der Waals surface area contributed by atoms with Gasteiger partial charge in [-0.2, -0.15) is 4.31 Å². The molecule has 8 nitrogen and oxygen atoms in total. The highest BCUT2D eigenvalue weighted by molar-refractivity contribution is 9.10. The number of nitrogens with zero attached hydrogens (tertiary/aromatic N) is 2. The fourth-order valence-corrected chi connectivity index (χ4v) is 5.97. The van der Waals surface area contributed by atoms with Crippen molar-refractivity contribution in [3.8, 4) is 0 Å². The van der Waals surface area contributed by atoms with Gasteiger partial charge in [-0.25, -0.2) is 13.3 Å². The minimum atomic E-state index is -4.04. The Bertz CT molecular complexity index is 974. The standard InChI is InChI=1S/C18H19BrN2O6S2/c1-26-16(27-2)11-20(29(24,25)17-4-3-9-28-17)14-10-15(22)21(18(14)23)13-7-5-12(19)6-8-13/h3-9,14,16H,10-11H2,1-2H3. The van der Waals surface area contributed by atoms with Crippen LogP contribution in [0.25, 0.3) is 0 Å². The molecule has 1 aliphatic heterocycles. The molecule has 1 aromatic carbocycles. The number of imide groups is 1. The highest BCUT2D eigenvalue weighted by Crippen LogP contribution is 2.31. The summed E-state index contributed by atoms with van der Waals surface area (Å²) < 4.78 is 38.6. The van der Waals surface area contributed by atoms with Crippen LogP contribution in [-0.2, 0) is 29.1 Å². The first-order valence-electron chi connectivity index (χ1n) is 8.53. The van der Waals surface area contributed by atoms with Gasteiger partial charge in [-0.3, -0.25) is 9.59 Å². The van der Waals surface area contributed by atoms with Crippen molar-refractivity contribution in [2.24, 2.45) is 0 Å². The van der Waals surface area contributed by atoms with Crippen molar-refractivity contribution in [3.05, 3.63) is 46.3 Å². The van der Waals surface area contributed by atoms with E-state index >= 15 is 0 Å². The summed E-state index contributed by atoms with van der Waals surface area (Å²) >= 11 is 4.34. The van der Waals surface area contributed by atoms with Crippen molar-refractivity contribution >= 4 is 54.8 Å². The number of ether oxygens (including phenoxy) is 2. The number of carbonyl (C=O) groups excluding carboxylic acids is 2. The molecular formula is C18H19BrN2O6S2. The molecule has 11 heteroatoms. The Kier molecular flexibility index (Phi) is 6.87. The monoisotopic (exact) mass is 502 g/mol. The van der Waals surface area contributed by atoms with Crippen LogP contribution in [-0.4, -0.2) is 57.6 Å². The maximum absolute atomic E-state index is 13.2. The van der Waals surface area contributed by atoms with E-state index in [2.05, 4.69) is 15.9 Å².